The summed E-state index contributed by atoms with van der Waals surface area (Å²) in [5, 5.41) is 9.03. The lowest BCUT2D eigenvalue weighted by atomic mass is 10.2. The summed E-state index contributed by atoms with van der Waals surface area (Å²) in [6, 6.07) is 14.7. The van der Waals surface area contributed by atoms with Crippen LogP contribution < -0.4 is 9.47 Å². The molecular weight excluding hydrogens is 216 g/mol. The van der Waals surface area contributed by atoms with Gasteiger partial charge in [-0.1, -0.05) is 18.2 Å². The first-order chi connectivity index (χ1) is 8.31. The minimum Gasteiger partial charge on any atom is -0.497 e. The van der Waals surface area contributed by atoms with Gasteiger partial charge in [0.2, 0.25) is 0 Å². The molecule has 88 valence electrons. The van der Waals surface area contributed by atoms with Crippen LogP contribution in [0.25, 0.3) is 0 Å². The van der Waals surface area contributed by atoms with Gasteiger partial charge in [0.1, 0.15) is 17.2 Å². The predicted molar refractivity (Wildman–Crippen MR) is 65.4 cm³/mol. The number of rotatable bonds is 4. The first-order valence-corrected chi connectivity index (χ1v) is 5.33. The molecule has 0 aromatic heterocycles. The highest BCUT2D eigenvalue weighted by Gasteiger charge is 2.00. The Balaban J connectivity index is 2.18. The number of aliphatic hydroxyl groups excluding tert-OH is 1. The van der Waals surface area contributed by atoms with Crippen molar-refractivity contribution in [2.24, 2.45) is 0 Å². The van der Waals surface area contributed by atoms with Crippen molar-refractivity contribution in [1.29, 1.82) is 0 Å². The zero-order valence-corrected chi connectivity index (χ0v) is 9.59. The van der Waals surface area contributed by atoms with Crippen LogP contribution in [0.2, 0.25) is 0 Å². The maximum atomic E-state index is 9.03. The Bertz CT molecular complexity index is 449. The number of methoxy groups -OCH3 is 1. The molecular formula is C14H14O3. The van der Waals surface area contributed by atoms with Gasteiger partial charge in [-0.05, 0) is 29.8 Å². The van der Waals surface area contributed by atoms with Crippen molar-refractivity contribution >= 4 is 0 Å². The van der Waals surface area contributed by atoms with Crippen molar-refractivity contribution in [3.8, 4) is 17.2 Å². The highest BCUT2D eigenvalue weighted by molar-refractivity contribution is 5.37. The van der Waals surface area contributed by atoms with E-state index in [0.29, 0.717) is 11.5 Å². The first-order valence-electron chi connectivity index (χ1n) is 5.33. The molecule has 0 bridgehead atoms. The molecule has 0 fully saturated rings. The van der Waals surface area contributed by atoms with Crippen LogP contribution in [0.15, 0.2) is 48.5 Å². The Labute approximate surface area is 100 Å². The lowest BCUT2D eigenvalue weighted by molar-refractivity contribution is 0.281. The lowest BCUT2D eigenvalue weighted by Crippen LogP contribution is -1.88. The van der Waals surface area contributed by atoms with E-state index < -0.39 is 0 Å². The molecule has 0 aliphatic carbocycles. The monoisotopic (exact) mass is 230 g/mol. The van der Waals surface area contributed by atoms with Crippen LogP contribution in [0.1, 0.15) is 5.56 Å². The molecule has 0 heterocycles. The average molecular weight is 230 g/mol. The summed E-state index contributed by atoms with van der Waals surface area (Å²) in [5.41, 5.74) is 0.824. The standard InChI is InChI=1S/C14H14O3/c1-16-12-5-3-7-14(9-12)17-13-6-2-4-11(8-13)10-15/h2-9,15H,10H2,1H3. The fourth-order valence-corrected chi connectivity index (χ4v) is 1.51. The number of benzene rings is 2. The van der Waals surface area contributed by atoms with Crippen LogP contribution in [-0.2, 0) is 6.61 Å². The van der Waals surface area contributed by atoms with Crippen LogP contribution in [0, 0.1) is 0 Å². The van der Waals surface area contributed by atoms with Gasteiger partial charge in [-0.3, -0.25) is 0 Å². The van der Waals surface area contributed by atoms with Crippen LogP contribution in [0.3, 0.4) is 0 Å². The molecule has 0 spiro atoms. The Kier molecular flexibility index (Phi) is 3.62. The Morgan fingerprint density at radius 2 is 1.59 bits per heavy atom. The fraction of sp³-hybridized carbons (Fsp3) is 0.143. The van der Waals surface area contributed by atoms with E-state index in [1.54, 1.807) is 13.2 Å². The molecule has 3 heteroatoms. The molecule has 2 aromatic carbocycles. The van der Waals surface area contributed by atoms with Gasteiger partial charge in [-0.2, -0.15) is 0 Å². The maximum absolute atomic E-state index is 9.03. The second kappa shape index (κ2) is 5.37. The van der Waals surface area contributed by atoms with E-state index in [4.69, 9.17) is 14.6 Å². The molecule has 2 aromatic rings. The van der Waals surface area contributed by atoms with Gasteiger partial charge in [-0.25, -0.2) is 0 Å². The van der Waals surface area contributed by atoms with Crippen LogP contribution in [0.5, 0.6) is 17.2 Å². The minimum absolute atomic E-state index is 0.00924. The van der Waals surface area contributed by atoms with Gasteiger partial charge in [0.25, 0.3) is 0 Å². The van der Waals surface area contributed by atoms with Gasteiger partial charge in [0.15, 0.2) is 0 Å². The molecule has 0 aliphatic heterocycles. The third kappa shape index (κ3) is 2.98. The fourth-order valence-electron chi connectivity index (χ4n) is 1.51. The molecule has 0 atom stereocenters. The van der Waals surface area contributed by atoms with E-state index in [1.807, 2.05) is 42.5 Å². The highest BCUT2D eigenvalue weighted by Crippen LogP contribution is 2.25. The summed E-state index contributed by atoms with van der Waals surface area (Å²) in [7, 11) is 1.62. The zero-order chi connectivity index (χ0) is 12.1. The zero-order valence-electron chi connectivity index (χ0n) is 9.59. The number of hydrogen-bond donors (Lipinski definition) is 1. The molecule has 0 aliphatic rings. The van der Waals surface area contributed by atoms with Crippen molar-refractivity contribution in [3.05, 3.63) is 54.1 Å². The average Bonchev–Trinajstić information content (AvgIpc) is 2.39. The molecule has 0 amide bonds. The Morgan fingerprint density at radius 3 is 2.29 bits per heavy atom. The van der Waals surface area contributed by atoms with Crippen LogP contribution >= 0.6 is 0 Å². The molecule has 3 nitrogen and oxygen atoms in total. The predicted octanol–water partition coefficient (Wildman–Crippen LogP) is 2.98. The maximum Gasteiger partial charge on any atom is 0.131 e. The van der Waals surface area contributed by atoms with E-state index in [9.17, 15) is 0 Å². The topological polar surface area (TPSA) is 38.7 Å². The molecule has 1 N–H and O–H groups in total. The molecule has 0 unspecified atom stereocenters. The highest BCUT2D eigenvalue weighted by atomic mass is 16.5. The summed E-state index contributed by atoms with van der Waals surface area (Å²) in [4.78, 5) is 0. The lowest BCUT2D eigenvalue weighted by Gasteiger charge is -2.08. The van der Waals surface area contributed by atoms with Gasteiger partial charge >= 0.3 is 0 Å². The summed E-state index contributed by atoms with van der Waals surface area (Å²) in [6.45, 7) is 0.00924. The largest absolute Gasteiger partial charge is 0.497 e. The summed E-state index contributed by atoms with van der Waals surface area (Å²) in [5.74, 6) is 2.16. The minimum atomic E-state index is 0.00924. The summed E-state index contributed by atoms with van der Waals surface area (Å²) >= 11 is 0. The van der Waals surface area contributed by atoms with Crippen molar-refractivity contribution in [2.75, 3.05) is 7.11 Å². The number of aliphatic hydroxyl groups is 1. The normalized spacial score (nSPS) is 10.0. The van der Waals surface area contributed by atoms with E-state index in [-0.39, 0.29) is 6.61 Å². The van der Waals surface area contributed by atoms with E-state index in [1.165, 1.54) is 0 Å². The quantitative estimate of drug-likeness (QED) is 0.877. The SMILES string of the molecule is COc1cccc(Oc2cccc(CO)c2)c1. The number of hydrogen-bond acceptors (Lipinski definition) is 3. The van der Waals surface area contributed by atoms with Gasteiger partial charge in [0.05, 0.1) is 13.7 Å². The van der Waals surface area contributed by atoms with Gasteiger partial charge < -0.3 is 14.6 Å². The van der Waals surface area contributed by atoms with Gasteiger partial charge in [-0.15, -0.1) is 0 Å². The van der Waals surface area contributed by atoms with Crippen LogP contribution in [0.4, 0.5) is 0 Å². The van der Waals surface area contributed by atoms with E-state index in [0.717, 1.165) is 11.3 Å². The van der Waals surface area contributed by atoms with Crippen molar-refractivity contribution < 1.29 is 14.6 Å². The smallest absolute Gasteiger partial charge is 0.131 e. The van der Waals surface area contributed by atoms with Crippen molar-refractivity contribution in [2.45, 2.75) is 6.61 Å². The molecule has 2 rings (SSSR count). The Morgan fingerprint density at radius 1 is 0.941 bits per heavy atom. The van der Waals surface area contributed by atoms with E-state index in [2.05, 4.69) is 0 Å². The molecule has 0 saturated heterocycles. The van der Waals surface area contributed by atoms with Crippen molar-refractivity contribution in [1.82, 2.24) is 0 Å². The third-order valence-corrected chi connectivity index (χ3v) is 2.36. The second-order valence-corrected chi connectivity index (χ2v) is 3.59. The second-order valence-electron chi connectivity index (χ2n) is 3.59. The molecule has 17 heavy (non-hydrogen) atoms. The molecule has 0 radical (unpaired) electrons. The first kappa shape index (κ1) is 11.5. The van der Waals surface area contributed by atoms with E-state index >= 15 is 0 Å². The molecule has 0 saturated carbocycles. The summed E-state index contributed by atoms with van der Waals surface area (Å²) < 4.78 is 10.8. The summed E-state index contributed by atoms with van der Waals surface area (Å²) in [6.07, 6.45) is 0. The van der Waals surface area contributed by atoms with Crippen molar-refractivity contribution in [3.63, 3.8) is 0 Å². The van der Waals surface area contributed by atoms with Gasteiger partial charge in [0, 0.05) is 6.07 Å². The van der Waals surface area contributed by atoms with Crippen LogP contribution in [-0.4, -0.2) is 12.2 Å². The third-order valence-electron chi connectivity index (χ3n) is 2.36. The Hall–Kier alpha value is -2.00. The number of ether oxygens (including phenoxy) is 2.